The van der Waals surface area contributed by atoms with Crippen molar-refractivity contribution in [3.63, 3.8) is 0 Å². The van der Waals surface area contributed by atoms with Crippen LogP contribution in [0.5, 0.6) is 11.5 Å². The quantitative estimate of drug-likeness (QED) is 0.139. The van der Waals surface area contributed by atoms with E-state index in [1.165, 1.54) is 49.6 Å². The third-order valence-corrected chi connectivity index (χ3v) is 4.29. The highest BCUT2D eigenvalue weighted by Gasteiger charge is 2.13. The maximum atomic E-state index is 13.0. The molecule has 0 fully saturated rings. The van der Waals surface area contributed by atoms with Gasteiger partial charge in [0.1, 0.15) is 5.82 Å². The first kappa shape index (κ1) is 21.2. The molecule has 0 bridgehead atoms. The summed E-state index contributed by atoms with van der Waals surface area (Å²) < 4.78 is 23.6. The number of ether oxygens (including phenoxy) is 2. The molecule has 0 atom stereocenters. The molecule has 0 aliphatic heterocycles. The monoisotopic (exact) mass is 418 g/mol. The molecule has 154 valence electrons. The minimum absolute atomic E-state index is 0.0740. The SMILES string of the molecule is COc1cc(/C=C(/C#N)c2ccc([N+](=O)[O-])cc2)ccc1OC(=O)c1ccc(F)cc1. The molecule has 0 unspecified atom stereocenters. The van der Waals surface area contributed by atoms with Crippen molar-refractivity contribution in [1.29, 1.82) is 5.26 Å². The van der Waals surface area contributed by atoms with Gasteiger partial charge in [0.15, 0.2) is 11.5 Å². The lowest BCUT2D eigenvalue weighted by Gasteiger charge is -2.10. The number of nitrogens with zero attached hydrogens (tertiary/aromatic N) is 2. The Balaban J connectivity index is 1.85. The van der Waals surface area contributed by atoms with Gasteiger partial charge >= 0.3 is 5.97 Å². The molecule has 0 saturated heterocycles. The normalized spacial score (nSPS) is 10.8. The van der Waals surface area contributed by atoms with E-state index in [1.54, 1.807) is 18.2 Å². The summed E-state index contributed by atoms with van der Waals surface area (Å²) in [6, 6.07) is 17.3. The van der Waals surface area contributed by atoms with Crippen LogP contribution < -0.4 is 9.47 Å². The molecule has 3 aromatic rings. The van der Waals surface area contributed by atoms with Crippen LogP contribution in [0.2, 0.25) is 0 Å². The Morgan fingerprint density at radius 2 is 1.68 bits per heavy atom. The third kappa shape index (κ3) is 5.10. The minimum Gasteiger partial charge on any atom is -0.493 e. The van der Waals surface area contributed by atoms with E-state index in [9.17, 15) is 24.6 Å². The van der Waals surface area contributed by atoms with Gasteiger partial charge in [0.05, 0.1) is 29.2 Å². The zero-order valence-electron chi connectivity index (χ0n) is 16.2. The van der Waals surface area contributed by atoms with Gasteiger partial charge < -0.3 is 9.47 Å². The number of hydrogen-bond donors (Lipinski definition) is 0. The molecule has 8 heteroatoms. The number of carbonyl (C=O) groups is 1. The maximum absolute atomic E-state index is 13.0. The molecular formula is C23H15FN2O5. The highest BCUT2D eigenvalue weighted by molar-refractivity contribution is 5.92. The van der Waals surface area contributed by atoms with Crippen LogP contribution in [0.15, 0.2) is 66.7 Å². The standard InChI is InChI=1S/C23H15FN2O5/c1-30-22-13-15(12-18(14-25)16-5-9-20(10-6-16)26(28)29)2-11-21(22)31-23(27)17-3-7-19(24)8-4-17/h2-13H,1H3/b18-12-. The van der Waals surface area contributed by atoms with Crippen molar-refractivity contribution in [3.05, 3.63) is 99.4 Å². The van der Waals surface area contributed by atoms with Crippen molar-refractivity contribution in [2.75, 3.05) is 7.11 Å². The Bertz CT molecular complexity index is 1200. The van der Waals surface area contributed by atoms with Gasteiger partial charge in [-0.1, -0.05) is 6.07 Å². The molecule has 3 aromatic carbocycles. The van der Waals surface area contributed by atoms with Gasteiger partial charge in [-0.05, 0) is 65.7 Å². The Morgan fingerprint density at radius 1 is 1.03 bits per heavy atom. The van der Waals surface area contributed by atoms with E-state index >= 15 is 0 Å². The lowest BCUT2D eigenvalue weighted by atomic mass is 10.0. The summed E-state index contributed by atoms with van der Waals surface area (Å²) in [5.41, 5.74) is 1.49. The second-order valence-electron chi connectivity index (χ2n) is 6.28. The first-order chi connectivity index (χ1) is 14.9. The zero-order valence-corrected chi connectivity index (χ0v) is 16.2. The predicted octanol–water partition coefficient (Wildman–Crippen LogP) is 5.03. The van der Waals surface area contributed by atoms with Crippen molar-refractivity contribution in [3.8, 4) is 17.6 Å². The summed E-state index contributed by atoms with van der Waals surface area (Å²) in [5.74, 6) is -0.732. The second-order valence-corrected chi connectivity index (χ2v) is 6.28. The minimum atomic E-state index is -0.676. The molecule has 0 aliphatic rings. The third-order valence-electron chi connectivity index (χ3n) is 4.29. The summed E-state index contributed by atoms with van der Waals surface area (Å²) >= 11 is 0. The summed E-state index contributed by atoms with van der Waals surface area (Å²) in [5, 5.41) is 20.3. The topological polar surface area (TPSA) is 102 Å². The Labute approximate surface area is 176 Å². The smallest absolute Gasteiger partial charge is 0.343 e. The van der Waals surface area contributed by atoms with E-state index in [1.807, 2.05) is 0 Å². The number of esters is 1. The fourth-order valence-corrected chi connectivity index (χ4v) is 2.71. The number of nitro groups is 1. The number of hydrogen-bond acceptors (Lipinski definition) is 6. The molecule has 0 spiro atoms. The molecule has 3 rings (SSSR count). The Morgan fingerprint density at radius 3 is 2.26 bits per heavy atom. The lowest BCUT2D eigenvalue weighted by molar-refractivity contribution is -0.384. The average molecular weight is 418 g/mol. The van der Waals surface area contributed by atoms with E-state index < -0.39 is 16.7 Å². The van der Waals surface area contributed by atoms with Crippen LogP contribution in [0, 0.1) is 27.3 Å². The van der Waals surface area contributed by atoms with Crippen molar-refractivity contribution in [2.24, 2.45) is 0 Å². The molecule has 0 N–H and O–H groups in total. The van der Waals surface area contributed by atoms with Crippen molar-refractivity contribution in [1.82, 2.24) is 0 Å². The first-order valence-corrected chi connectivity index (χ1v) is 8.93. The van der Waals surface area contributed by atoms with E-state index in [-0.39, 0.29) is 28.3 Å². The molecule has 0 saturated carbocycles. The molecule has 7 nitrogen and oxygen atoms in total. The Hall–Kier alpha value is -4.51. The molecule has 0 aliphatic carbocycles. The van der Waals surface area contributed by atoms with E-state index in [2.05, 4.69) is 6.07 Å². The summed E-state index contributed by atoms with van der Waals surface area (Å²) in [6.45, 7) is 0. The molecule has 31 heavy (non-hydrogen) atoms. The van der Waals surface area contributed by atoms with Crippen molar-refractivity contribution < 1.29 is 23.6 Å². The van der Waals surface area contributed by atoms with Gasteiger partial charge in [0.2, 0.25) is 0 Å². The molecular weight excluding hydrogens is 403 g/mol. The molecule has 0 heterocycles. The number of nitro benzene ring substituents is 1. The number of non-ortho nitro benzene ring substituents is 1. The summed E-state index contributed by atoms with van der Waals surface area (Å²) in [7, 11) is 1.40. The van der Waals surface area contributed by atoms with Gasteiger partial charge in [-0.3, -0.25) is 10.1 Å². The van der Waals surface area contributed by atoms with Crippen molar-refractivity contribution in [2.45, 2.75) is 0 Å². The van der Waals surface area contributed by atoms with E-state index in [4.69, 9.17) is 9.47 Å². The second kappa shape index (κ2) is 9.33. The average Bonchev–Trinajstić information content (AvgIpc) is 2.78. The van der Waals surface area contributed by atoms with Crippen LogP contribution in [0.4, 0.5) is 10.1 Å². The van der Waals surface area contributed by atoms with Crippen LogP contribution in [0.3, 0.4) is 0 Å². The number of halogens is 1. The molecule has 0 radical (unpaired) electrons. The van der Waals surface area contributed by atoms with Gasteiger partial charge in [0.25, 0.3) is 5.69 Å². The first-order valence-electron chi connectivity index (χ1n) is 8.93. The summed E-state index contributed by atoms with van der Waals surface area (Å²) in [6.07, 6.45) is 1.58. The van der Waals surface area contributed by atoms with Gasteiger partial charge in [-0.2, -0.15) is 5.26 Å². The number of allylic oxidation sites excluding steroid dienone is 1. The molecule has 0 amide bonds. The van der Waals surface area contributed by atoms with Crippen LogP contribution in [-0.4, -0.2) is 18.0 Å². The largest absolute Gasteiger partial charge is 0.493 e. The number of carbonyl (C=O) groups excluding carboxylic acids is 1. The van der Waals surface area contributed by atoms with Crippen LogP contribution >= 0.6 is 0 Å². The van der Waals surface area contributed by atoms with Crippen molar-refractivity contribution >= 4 is 23.3 Å². The highest BCUT2D eigenvalue weighted by Crippen LogP contribution is 2.31. The van der Waals surface area contributed by atoms with Gasteiger partial charge in [-0.25, -0.2) is 9.18 Å². The number of benzene rings is 3. The number of rotatable bonds is 6. The predicted molar refractivity (Wildman–Crippen MR) is 111 cm³/mol. The number of methoxy groups -OCH3 is 1. The fraction of sp³-hybridized carbons (Fsp3) is 0.0435. The lowest BCUT2D eigenvalue weighted by Crippen LogP contribution is -2.09. The van der Waals surface area contributed by atoms with E-state index in [0.29, 0.717) is 11.1 Å². The zero-order chi connectivity index (χ0) is 22.4. The highest BCUT2D eigenvalue weighted by atomic mass is 19.1. The van der Waals surface area contributed by atoms with E-state index in [0.717, 1.165) is 12.1 Å². The Kier molecular flexibility index (Phi) is 6.38. The maximum Gasteiger partial charge on any atom is 0.343 e. The van der Waals surface area contributed by atoms with Gasteiger partial charge in [-0.15, -0.1) is 0 Å². The fourth-order valence-electron chi connectivity index (χ4n) is 2.71. The summed E-state index contributed by atoms with van der Waals surface area (Å²) in [4.78, 5) is 22.5. The van der Waals surface area contributed by atoms with Gasteiger partial charge in [0, 0.05) is 12.1 Å². The molecule has 0 aromatic heterocycles. The van der Waals surface area contributed by atoms with Crippen LogP contribution in [0.1, 0.15) is 21.5 Å². The van der Waals surface area contributed by atoms with Crippen LogP contribution in [0.25, 0.3) is 11.6 Å². The van der Waals surface area contributed by atoms with Crippen LogP contribution in [-0.2, 0) is 0 Å². The number of nitriles is 1.